The molecule has 1 aliphatic rings. The Hall–Kier alpha value is -1.88. The molecule has 1 unspecified atom stereocenters. The molecule has 0 saturated carbocycles. The van der Waals surface area contributed by atoms with Crippen molar-refractivity contribution in [3.63, 3.8) is 0 Å². The van der Waals surface area contributed by atoms with Gasteiger partial charge in [0.25, 0.3) is 0 Å². The van der Waals surface area contributed by atoms with E-state index in [1.807, 2.05) is 18.2 Å². The second-order valence-electron chi connectivity index (χ2n) is 6.38. The lowest BCUT2D eigenvalue weighted by Gasteiger charge is -2.25. The van der Waals surface area contributed by atoms with Crippen molar-refractivity contribution >= 4 is 17.5 Å². The number of carbonyl (C=O) groups excluding carboxylic acids is 2. The number of amides is 2. The van der Waals surface area contributed by atoms with Crippen molar-refractivity contribution in [2.45, 2.75) is 45.6 Å². The molecule has 1 aromatic carbocycles. The molecule has 114 valence electrons. The number of anilines is 1. The number of rotatable bonds is 4. The van der Waals surface area contributed by atoms with E-state index < -0.39 is 5.41 Å². The molecule has 0 aliphatic carbocycles. The Bertz CT molecular complexity index is 567. The highest BCUT2D eigenvalue weighted by molar-refractivity contribution is 5.92. The molecule has 1 atom stereocenters. The predicted octanol–water partition coefficient (Wildman–Crippen LogP) is 1.86. The van der Waals surface area contributed by atoms with Gasteiger partial charge in [-0.3, -0.25) is 9.59 Å². The smallest absolute Gasteiger partial charge is 0.224 e. The van der Waals surface area contributed by atoms with Crippen LogP contribution in [0.15, 0.2) is 18.2 Å². The van der Waals surface area contributed by atoms with Crippen LogP contribution in [-0.2, 0) is 16.0 Å². The zero-order chi connectivity index (χ0) is 15.6. The third-order valence-electron chi connectivity index (χ3n) is 4.08. The van der Waals surface area contributed by atoms with E-state index in [0.717, 1.165) is 29.7 Å². The number of hydrogen-bond acceptors (Lipinski definition) is 3. The molecule has 0 aromatic heterocycles. The summed E-state index contributed by atoms with van der Waals surface area (Å²) >= 11 is 0. The van der Waals surface area contributed by atoms with Gasteiger partial charge in [0.2, 0.25) is 11.8 Å². The average Bonchev–Trinajstić information content (AvgIpc) is 2.57. The summed E-state index contributed by atoms with van der Waals surface area (Å²) in [6, 6.07) is 5.58. The maximum absolute atomic E-state index is 11.5. The maximum atomic E-state index is 11.5. The Morgan fingerprint density at radius 1 is 1.38 bits per heavy atom. The molecule has 21 heavy (non-hydrogen) atoms. The van der Waals surface area contributed by atoms with Crippen LogP contribution in [0.5, 0.6) is 0 Å². The number of fused-ring (bicyclic) bond motifs is 1. The van der Waals surface area contributed by atoms with Crippen LogP contribution < -0.4 is 16.8 Å². The van der Waals surface area contributed by atoms with Crippen LogP contribution in [0.2, 0.25) is 0 Å². The van der Waals surface area contributed by atoms with Gasteiger partial charge in [-0.05, 0) is 36.5 Å². The van der Waals surface area contributed by atoms with Gasteiger partial charge in [0.05, 0.1) is 0 Å². The van der Waals surface area contributed by atoms with Crippen LogP contribution in [0.1, 0.15) is 50.3 Å². The third kappa shape index (κ3) is 3.61. The summed E-state index contributed by atoms with van der Waals surface area (Å²) in [6.45, 7) is 3.61. The molecule has 5 N–H and O–H groups in total. The van der Waals surface area contributed by atoms with Gasteiger partial charge in [-0.2, -0.15) is 0 Å². The molecule has 1 aromatic rings. The van der Waals surface area contributed by atoms with Crippen LogP contribution in [0.25, 0.3) is 0 Å². The van der Waals surface area contributed by atoms with Crippen LogP contribution >= 0.6 is 0 Å². The van der Waals surface area contributed by atoms with Crippen molar-refractivity contribution in [3.05, 3.63) is 29.3 Å². The fourth-order valence-corrected chi connectivity index (χ4v) is 2.59. The zero-order valence-corrected chi connectivity index (χ0v) is 12.6. The quantitative estimate of drug-likeness (QED) is 0.789. The largest absolute Gasteiger partial charge is 0.369 e. The Labute approximate surface area is 125 Å². The molecule has 0 fully saturated rings. The summed E-state index contributed by atoms with van der Waals surface area (Å²) in [5.41, 5.74) is 13.9. The van der Waals surface area contributed by atoms with Gasteiger partial charge in [-0.25, -0.2) is 0 Å². The number of aryl methyl sites for hydroxylation is 1. The van der Waals surface area contributed by atoms with Gasteiger partial charge in [-0.1, -0.05) is 26.0 Å². The minimum Gasteiger partial charge on any atom is -0.369 e. The Kier molecular flexibility index (Phi) is 4.32. The predicted molar refractivity (Wildman–Crippen MR) is 82.5 cm³/mol. The summed E-state index contributed by atoms with van der Waals surface area (Å²) in [5, 5.41) is 2.90. The lowest BCUT2D eigenvalue weighted by atomic mass is 9.83. The number of nitrogens with one attached hydrogen (secondary N) is 1. The second-order valence-corrected chi connectivity index (χ2v) is 6.38. The van der Waals surface area contributed by atoms with E-state index in [4.69, 9.17) is 11.5 Å². The van der Waals surface area contributed by atoms with Crippen molar-refractivity contribution in [3.8, 4) is 0 Å². The Morgan fingerprint density at radius 2 is 2.10 bits per heavy atom. The van der Waals surface area contributed by atoms with Crippen LogP contribution in [0.3, 0.4) is 0 Å². The monoisotopic (exact) mass is 289 g/mol. The number of nitrogens with two attached hydrogens (primary N) is 2. The van der Waals surface area contributed by atoms with Gasteiger partial charge < -0.3 is 16.8 Å². The van der Waals surface area contributed by atoms with Crippen molar-refractivity contribution in [2.75, 3.05) is 5.32 Å². The van der Waals surface area contributed by atoms with Crippen LogP contribution in [0.4, 0.5) is 5.69 Å². The Balaban J connectivity index is 2.20. The van der Waals surface area contributed by atoms with E-state index in [9.17, 15) is 9.59 Å². The molecule has 5 heteroatoms. The lowest BCUT2D eigenvalue weighted by Crippen LogP contribution is -2.34. The highest BCUT2D eigenvalue weighted by Crippen LogP contribution is 2.31. The third-order valence-corrected chi connectivity index (χ3v) is 4.08. The molecular formula is C16H23N3O2. The first-order valence-corrected chi connectivity index (χ1v) is 7.28. The van der Waals surface area contributed by atoms with E-state index in [0.29, 0.717) is 12.8 Å². The molecule has 2 amide bonds. The second kappa shape index (κ2) is 5.85. The highest BCUT2D eigenvalue weighted by Gasteiger charge is 2.28. The van der Waals surface area contributed by atoms with E-state index in [-0.39, 0.29) is 17.9 Å². The zero-order valence-electron chi connectivity index (χ0n) is 12.6. The average molecular weight is 289 g/mol. The number of benzene rings is 1. The van der Waals surface area contributed by atoms with Gasteiger partial charge in [0, 0.05) is 23.6 Å². The standard InChI is InChI=1S/C16H23N3O2/c1-16(2,15(18)21)9-12(17)10-6-7-13-11(8-10)4-3-5-14(20)19-13/h6-8,12H,3-5,9,17H2,1-2H3,(H2,18,21)(H,19,20). The molecule has 1 heterocycles. The molecular weight excluding hydrogens is 266 g/mol. The van der Waals surface area contributed by atoms with Gasteiger partial charge in [0.15, 0.2) is 0 Å². The molecule has 0 saturated heterocycles. The summed E-state index contributed by atoms with van der Waals surface area (Å²) in [4.78, 5) is 23.0. The van der Waals surface area contributed by atoms with Gasteiger partial charge in [0.1, 0.15) is 0 Å². The number of carbonyl (C=O) groups is 2. The fraction of sp³-hybridized carbons (Fsp3) is 0.500. The summed E-state index contributed by atoms with van der Waals surface area (Å²) < 4.78 is 0. The van der Waals surface area contributed by atoms with Crippen molar-refractivity contribution in [1.29, 1.82) is 0 Å². The minimum absolute atomic E-state index is 0.0562. The molecule has 0 bridgehead atoms. The topological polar surface area (TPSA) is 98.2 Å². The normalized spacial score (nSPS) is 16.6. The van der Waals surface area contributed by atoms with Crippen molar-refractivity contribution < 1.29 is 9.59 Å². The Morgan fingerprint density at radius 3 is 2.76 bits per heavy atom. The highest BCUT2D eigenvalue weighted by atomic mass is 16.2. The van der Waals surface area contributed by atoms with E-state index in [2.05, 4.69) is 5.32 Å². The van der Waals surface area contributed by atoms with E-state index in [1.165, 1.54) is 0 Å². The summed E-state index contributed by atoms with van der Waals surface area (Å²) in [7, 11) is 0. The molecule has 0 spiro atoms. The van der Waals surface area contributed by atoms with Crippen LogP contribution in [0, 0.1) is 5.41 Å². The van der Waals surface area contributed by atoms with E-state index in [1.54, 1.807) is 13.8 Å². The molecule has 5 nitrogen and oxygen atoms in total. The first-order chi connectivity index (χ1) is 9.79. The molecule has 1 aliphatic heterocycles. The minimum atomic E-state index is -0.638. The van der Waals surface area contributed by atoms with Crippen LogP contribution in [-0.4, -0.2) is 11.8 Å². The fourth-order valence-electron chi connectivity index (χ4n) is 2.59. The van der Waals surface area contributed by atoms with Gasteiger partial charge in [-0.15, -0.1) is 0 Å². The molecule has 2 rings (SSSR count). The molecule has 0 radical (unpaired) electrons. The van der Waals surface area contributed by atoms with Crippen molar-refractivity contribution in [2.24, 2.45) is 16.9 Å². The maximum Gasteiger partial charge on any atom is 0.224 e. The first-order valence-electron chi connectivity index (χ1n) is 7.28. The number of primary amides is 1. The van der Waals surface area contributed by atoms with Crippen molar-refractivity contribution in [1.82, 2.24) is 0 Å². The number of hydrogen-bond donors (Lipinski definition) is 3. The summed E-state index contributed by atoms with van der Waals surface area (Å²) in [5.74, 6) is -0.291. The lowest BCUT2D eigenvalue weighted by molar-refractivity contribution is -0.126. The summed E-state index contributed by atoms with van der Waals surface area (Å²) in [6.07, 6.45) is 2.73. The SMILES string of the molecule is CC(C)(CC(N)c1ccc2c(c1)CCCC(=O)N2)C(N)=O. The van der Waals surface area contributed by atoms with Gasteiger partial charge >= 0.3 is 0 Å². The van der Waals surface area contributed by atoms with E-state index >= 15 is 0 Å². The first kappa shape index (κ1) is 15.5.